The minimum Gasteiger partial charge on any atom is -0.356 e. The molecule has 2 aromatic heterocycles. The van der Waals surface area contributed by atoms with Crippen LogP contribution in [0.5, 0.6) is 0 Å². The average Bonchev–Trinajstić information content (AvgIpc) is 3.11. The van der Waals surface area contributed by atoms with Gasteiger partial charge < -0.3 is 9.88 Å². The van der Waals surface area contributed by atoms with E-state index in [-0.39, 0.29) is 17.5 Å². The first-order valence-electron chi connectivity index (χ1n) is 11.0. The number of nitrogens with one attached hydrogen (secondary N) is 1. The Kier molecular flexibility index (Phi) is 7.49. The van der Waals surface area contributed by atoms with Crippen LogP contribution in [0.4, 0.5) is 8.78 Å². The van der Waals surface area contributed by atoms with Crippen LogP contribution in [0.3, 0.4) is 0 Å². The summed E-state index contributed by atoms with van der Waals surface area (Å²) < 4.78 is 29.2. The lowest BCUT2D eigenvalue weighted by Gasteiger charge is -2.07. The number of carbonyl (C=O) groups excluding carboxylic acids is 1. The molecular weight excluding hydrogens is 444 g/mol. The number of hydrogen-bond donors (Lipinski definition) is 1. The van der Waals surface area contributed by atoms with E-state index in [1.165, 1.54) is 36.0 Å². The van der Waals surface area contributed by atoms with E-state index in [0.29, 0.717) is 41.2 Å². The maximum atomic E-state index is 13.9. The van der Waals surface area contributed by atoms with Crippen molar-refractivity contribution in [2.24, 2.45) is 0 Å². The maximum absolute atomic E-state index is 13.9. The Morgan fingerprint density at radius 3 is 2.64 bits per heavy atom. The van der Waals surface area contributed by atoms with Gasteiger partial charge in [0, 0.05) is 30.6 Å². The van der Waals surface area contributed by atoms with Gasteiger partial charge in [0.1, 0.15) is 17.2 Å². The highest BCUT2D eigenvalue weighted by atomic mass is 32.2. The number of benzene rings is 2. The molecule has 0 saturated carbocycles. The molecule has 2 aromatic carbocycles. The molecule has 9 heteroatoms. The molecule has 172 valence electrons. The lowest BCUT2D eigenvalue weighted by Crippen LogP contribution is -2.23. The summed E-state index contributed by atoms with van der Waals surface area (Å²) in [5.41, 5.74) is 2.83. The Morgan fingerprint density at radius 2 is 1.85 bits per heavy atom. The summed E-state index contributed by atoms with van der Waals surface area (Å²) in [4.78, 5) is 16.4. The molecule has 0 atom stereocenters. The first-order chi connectivity index (χ1) is 16.0. The monoisotopic (exact) mass is 469 g/mol. The topological polar surface area (TPSA) is 72.7 Å². The molecule has 0 aliphatic rings. The Balaban J connectivity index is 1.52. The number of halogens is 2. The standard InChI is InChI=1S/C24H25F2N5OS/c1-2-12-27-21(32)5-3-4-13-33-24-28-23-22(29-30-24)19-14-18(26)10-11-20(19)31(23)15-16-6-8-17(25)9-7-16/h6-11,14H,2-5,12-13,15H2,1H3,(H,27,32). The molecule has 0 aliphatic heterocycles. The fraction of sp³-hybridized carbons (Fsp3) is 0.333. The van der Waals surface area contributed by atoms with Gasteiger partial charge in [-0.1, -0.05) is 30.8 Å². The zero-order chi connectivity index (χ0) is 23.2. The SMILES string of the molecule is CCCNC(=O)CCCCSc1nnc2c3cc(F)ccc3n(Cc3ccc(F)cc3)c2n1. The minimum absolute atomic E-state index is 0.0822. The van der Waals surface area contributed by atoms with Crippen molar-refractivity contribution in [3.8, 4) is 0 Å². The number of unbranched alkanes of at least 4 members (excludes halogenated alkanes) is 1. The van der Waals surface area contributed by atoms with Crippen LogP contribution < -0.4 is 5.32 Å². The molecule has 6 nitrogen and oxygen atoms in total. The van der Waals surface area contributed by atoms with E-state index in [0.717, 1.165) is 36.1 Å². The van der Waals surface area contributed by atoms with Crippen LogP contribution in [0.2, 0.25) is 0 Å². The highest BCUT2D eigenvalue weighted by molar-refractivity contribution is 7.99. The summed E-state index contributed by atoms with van der Waals surface area (Å²) in [7, 11) is 0. The quantitative estimate of drug-likeness (QED) is 0.259. The van der Waals surface area contributed by atoms with Crippen LogP contribution in [0, 0.1) is 11.6 Å². The fourth-order valence-electron chi connectivity index (χ4n) is 3.61. The third-order valence-electron chi connectivity index (χ3n) is 5.26. The molecule has 0 unspecified atom stereocenters. The van der Waals surface area contributed by atoms with Gasteiger partial charge in [0.2, 0.25) is 11.1 Å². The van der Waals surface area contributed by atoms with Crippen LogP contribution in [-0.2, 0) is 11.3 Å². The summed E-state index contributed by atoms with van der Waals surface area (Å²) in [6.45, 7) is 3.18. The first kappa shape index (κ1) is 23.1. The van der Waals surface area contributed by atoms with Crippen molar-refractivity contribution >= 4 is 39.7 Å². The van der Waals surface area contributed by atoms with Crippen LogP contribution in [0.25, 0.3) is 22.1 Å². The maximum Gasteiger partial charge on any atom is 0.219 e. The molecule has 0 fully saturated rings. The Morgan fingerprint density at radius 1 is 1.06 bits per heavy atom. The molecule has 0 saturated heterocycles. The number of hydrogen-bond acceptors (Lipinski definition) is 5. The second-order valence-electron chi connectivity index (χ2n) is 7.80. The summed E-state index contributed by atoms with van der Waals surface area (Å²) in [5.74, 6) is 0.194. The molecule has 1 N–H and O–H groups in total. The summed E-state index contributed by atoms with van der Waals surface area (Å²) in [5, 5.41) is 12.6. The lowest BCUT2D eigenvalue weighted by molar-refractivity contribution is -0.121. The summed E-state index contributed by atoms with van der Waals surface area (Å²) in [6, 6.07) is 10.8. The van der Waals surface area contributed by atoms with E-state index in [1.807, 2.05) is 11.5 Å². The highest BCUT2D eigenvalue weighted by Crippen LogP contribution is 2.29. The normalized spacial score (nSPS) is 11.4. The third kappa shape index (κ3) is 5.65. The molecule has 0 aliphatic carbocycles. The molecule has 0 spiro atoms. The van der Waals surface area contributed by atoms with E-state index >= 15 is 0 Å². The zero-order valence-corrected chi connectivity index (χ0v) is 19.2. The molecule has 0 bridgehead atoms. The number of nitrogens with zero attached hydrogens (tertiary/aromatic N) is 4. The largest absolute Gasteiger partial charge is 0.356 e. The van der Waals surface area contributed by atoms with Gasteiger partial charge in [-0.05, 0) is 55.2 Å². The van der Waals surface area contributed by atoms with E-state index in [9.17, 15) is 13.6 Å². The number of aromatic nitrogens is 4. The Bertz CT molecular complexity index is 1260. The average molecular weight is 470 g/mol. The number of rotatable bonds is 10. The predicted molar refractivity (Wildman–Crippen MR) is 126 cm³/mol. The summed E-state index contributed by atoms with van der Waals surface area (Å²) >= 11 is 1.48. The van der Waals surface area contributed by atoms with Crippen molar-refractivity contribution in [2.45, 2.75) is 44.3 Å². The Labute approximate surface area is 194 Å². The number of carbonyl (C=O) groups is 1. The minimum atomic E-state index is -0.355. The van der Waals surface area contributed by atoms with Gasteiger partial charge in [-0.25, -0.2) is 13.8 Å². The predicted octanol–water partition coefficient (Wildman–Crippen LogP) is 5.09. The second kappa shape index (κ2) is 10.7. The van der Waals surface area contributed by atoms with Gasteiger partial charge in [0.25, 0.3) is 0 Å². The second-order valence-corrected chi connectivity index (χ2v) is 8.86. The molecule has 0 radical (unpaired) electrons. The number of amides is 1. The van der Waals surface area contributed by atoms with Gasteiger partial charge in [-0.15, -0.1) is 10.2 Å². The van der Waals surface area contributed by atoms with Crippen LogP contribution in [0.15, 0.2) is 47.6 Å². The molecule has 4 aromatic rings. The van der Waals surface area contributed by atoms with Crippen molar-refractivity contribution in [3.63, 3.8) is 0 Å². The highest BCUT2D eigenvalue weighted by Gasteiger charge is 2.16. The van der Waals surface area contributed by atoms with E-state index in [2.05, 4.69) is 15.5 Å². The van der Waals surface area contributed by atoms with Gasteiger partial charge >= 0.3 is 0 Å². The van der Waals surface area contributed by atoms with Crippen LogP contribution >= 0.6 is 11.8 Å². The van der Waals surface area contributed by atoms with Gasteiger partial charge in [0.05, 0.1) is 5.52 Å². The fourth-order valence-corrected chi connectivity index (χ4v) is 4.39. The molecule has 1 amide bonds. The zero-order valence-electron chi connectivity index (χ0n) is 18.4. The summed E-state index contributed by atoms with van der Waals surface area (Å²) in [6.07, 6.45) is 3.09. The van der Waals surface area contributed by atoms with Crippen molar-refractivity contribution in [1.29, 1.82) is 0 Å². The molecule has 33 heavy (non-hydrogen) atoms. The molecule has 4 rings (SSSR count). The first-order valence-corrected chi connectivity index (χ1v) is 12.0. The van der Waals surface area contributed by atoms with Crippen molar-refractivity contribution in [2.75, 3.05) is 12.3 Å². The number of fused-ring (bicyclic) bond motifs is 3. The van der Waals surface area contributed by atoms with E-state index < -0.39 is 0 Å². The van der Waals surface area contributed by atoms with Crippen molar-refractivity contribution in [1.82, 2.24) is 25.1 Å². The van der Waals surface area contributed by atoms with E-state index in [1.54, 1.807) is 18.2 Å². The Hall–Kier alpha value is -3.07. The molecular formula is C24H25F2N5OS. The van der Waals surface area contributed by atoms with Gasteiger partial charge in [-0.3, -0.25) is 4.79 Å². The van der Waals surface area contributed by atoms with Crippen LogP contribution in [0.1, 0.15) is 38.2 Å². The van der Waals surface area contributed by atoms with Gasteiger partial charge in [-0.2, -0.15) is 0 Å². The van der Waals surface area contributed by atoms with Crippen molar-refractivity contribution in [3.05, 3.63) is 59.7 Å². The van der Waals surface area contributed by atoms with Crippen LogP contribution in [-0.4, -0.2) is 38.0 Å². The lowest BCUT2D eigenvalue weighted by atomic mass is 10.2. The van der Waals surface area contributed by atoms with Gasteiger partial charge in [0.15, 0.2) is 5.65 Å². The number of thioether (sulfide) groups is 1. The van der Waals surface area contributed by atoms with Crippen molar-refractivity contribution < 1.29 is 13.6 Å². The molecule has 2 heterocycles. The van der Waals surface area contributed by atoms with E-state index in [4.69, 9.17) is 4.98 Å². The third-order valence-corrected chi connectivity index (χ3v) is 6.19. The smallest absolute Gasteiger partial charge is 0.219 e.